The van der Waals surface area contributed by atoms with Crippen LogP contribution in [0.15, 0.2) is 33.4 Å². The van der Waals surface area contributed by atoms with Crippen molar-refractivity contribution in [3.05, 3.63) is 30.2 Å². The number of aromatic nitrogens is 1. The molecule has 0 amide bonds. The predicted molar refractivity (Wildman–Crippen MR) is 62.1 cm³/mol. The summed E-state index contributed by atoms with van der Waals surface area (Å²) in [5.41, 5.74) is 0.898. The Morgan fingerprint density at radius 1 is 1.38 bits per heavy atom. The number of thioether (sulfide) groups is 1. The Balaban J connectivity index is 1.88. The molecule has 1 N–H and O–H groups in total. The number of nitrogens with zero attached hydrogens (tertiary/aromatic N) is 1. The van der Waals surface area contributed by atoms with Gasteiger partial charge in [0.05, 0.1) is 12.0 Å². The van der Waals surface area contributed by atoms with Gasteiger partial charge >= 0.3 is 0 Å². The van der Waals surface area contributed by atoms with Crippen molar-refractivity contribution in [2.75, 3.05) is 12.4 Å². The lowest BCUT2D eigenvalue weighted by molar-refractivity contribution is 0.296. The predicted octanol–water partition coefficient (Wildman–Crippen LogP) is 2.55. The number of hydrogen-bond acceptors (Lipinski definition) is 5. The van der Waals surface area contributed by atoms with Gasteiger partial charge in [-0.15, -0.1) is 0 Å². The second-order valence-corrected chi connectivity index (χ2v) is 4.39. The molecule has 0 aromatic carbocycles. The first-order valence-electron chi connectivity index (χ1n) is 5.08. The van der Waals surface area contributed by atoms with E-state index in [2.05, 4.69) is 5.16 Å². The van der Waals surface area contributed by atoms with Crippen LogP contribution in [0.2, 0.25) is 0 Å². The first-order valence-corrected chi connectivity index (χ1v) is 6.23. The topological polar surface area (TPSA) is 59.4 Å². The summed E-state index contributed by atoms with van der Waals surface area (Å²) in [6.45, 7) is 0.240. The van der Waals surface area contributed by atoms with Crippen LogP contribution < -0.4 is 0 Å². The molecule has 16 heavy (non-hydrogen) atoms. The van der Waals surface area contributed by atoms with Crippen molar-refractivity contribution in [3.8, 4) is 11.5 Å². The van der Waals surface area contributed by atoms with E-state index in [9.17, 15) is 0 Å². The van der Waals surface area contributed by atoms with Crippen LogP contribution in [0.5, 0.6) is 0 Å². The van der Waals surface area contributed by atoms with Crippen LogP contribution in [0.1, 0.15) is 12.1 Å². The zero-order chi connectivity index (χ0) is 11.2. The first kappa shape index (κ1) is 11.3. The monoisotopic (exact) mass is 239 g/mol. The van der Waals surface area contributed by atoms with Crippen LogP contribution in [-0.4, -0.2) is 22.6 Å². The molecule has 2 aromatic rings. The van der Waals surface area contributed by atoms with E-state index in [4.69, 9.17) is 14.0 Å². The fraction of sp³-hybridized carbons (Fsp3) is 0.364. The van der Waals surface area contributed by atoms with Crippen LogP contribution >= 0.6 is 11.8 Å². The lowest BCUT2D eigenvalue weighted by Crippen LogP contribution is -1.87. The van der Waals surface area contributed by atoms with E-state index in [1.807, 2.05) is 18.2 Å². The Labute approximate surface area is 97.6 Å². The number of furan rings is 1. The maximum Gasteiger partial charge on any atom is 0.202 e. The van der Waals surface area contributed by atoms with Crippen molar-refractivity contribution >= 4 is 11.8 Å². The Hall–Kier alpha value is -1.20. The molecule has 0 aliphatic heterocycles. The maximum absolute atomic E-state index is 8.63. The molecule has 86 valence electrons. The Morgan fingerprint density at radius 3 is 3.06 bits per heavy atom. The summed E-state index contributed by atoms with van der Waals surface area (Å²) in [4.78, 5) is 0. The maximum atomic E-state index is 8.63. The van der Waals surface area contributed by atoms with Crippen LogP contribution in [0.25, 0.3) is 11.5 Å². The van der Waals surface area contributed by atoms with E-state index in [0.29, 0.717) is 11.5 Å². The Kier molecular flexibility index (Phi) is 4.07. The van der Waals surface area contributed by atoms with E-state index in [1.165, 1.54) is 0 Å². The van der Waals surface area contributed by atoms with Gasteiger partial charge in [-0.05, 0) is 24.3 Å². The van der Waals surface area contributed by atoms with E-state index >= 15 is 0 Å². The normalized spacial score (nSPS) is 10.8. The standard InChI is InChI=1S/C11H13NO3S/c13-4-2-6-16-8-9-7-11(15-12-9)10-3-1-5-14-10/h1,3,5,7,13H,2,4,6,8H2. The third kappa shape index (κ3) is 2.90. The van der Waals surface area contributed by atoms with Crippen molar-refractivity contribution in [1.82, 2.24) is 5.16 Å². The average Bonchev–Trinajstić information content (AvgIpc) is 2.94. The second kappa shape index (κ2) is 5.77. The van der Waals surface area contributed by atoms with Gasteiger partial charge in [-0.3, -0.25) is 0 Å². The molecule has 0 unspecified atom stereocenters. The smallest absolute Gasteiger partial charge is 0.202 e. The highest BCUT2D eigenvalue weighted by molar-refractivity contribution is 7.98. The van der Waals surface area contributed by atoms with E-state index in [0.717, 1.165) is 23.6 Å². The van der Waals surface area contributed by atoms with Crippen molar-refractivity contribution in [2.24, 2.45) is 0 Å². The van der Waals surface area contributed by atoms with Crippen LogP contribution in [0, 0.1) is 0 Å². The number of rotatable bonds is 6. The summed E-state index contributed by atoms with van der Waals surface area (Å²) >= 11 is 1.73. The molecule has 0 fully saturated rings. The van der Waals surface area contributed by atoms with Crippen molar-refractivity contribution in [1.29, 1.82) is 0 Å². The fourth-order valence-electron chi connectivity index (χ4n) is 1.26. The molecule has 2 heterocycles. The van der Waals surface area contributed by atoms with Gasteiger partial charge in [0.1, 0.15) is 0 Å². The van der Waals surface area contributed by atoms with Gasteiger partial charge in [0, 0.05) is 18.4 Å². The summed E-state index contributed by atoms with van der Waals surface area (Å²) in [5.74, 6) is 3.07. The molecule has 0 saturated heterocycles. The summed E-state index contributed by atoms with van der Waals surface area (Å²) in [6.07, 6.45) is 2.42. The molecule has 4 nitrogen and oxygen atoms in total. The Bertz CT molecular complexity index is 411. The number of aliphatic hydroxyl groups excluding tert-OH is 1. The minimum absolute atomic E-state index is 0.240. The van der Waals surface area contributed by atoms with Gasteiger partial charge in [-0.1, -0.05) is 5.16 Å². The zero-order valence-electron chi connectivity index (χ0n) is 8.76. The van der Waals surface area contributed by atoms with E-state index in [1.54, 1.807) is 18.0 Å². The highest BCUT2D eigenvalue weighted by atomic mass is 32.2. The molecule has 2 aromatic heterocycles. The van der Waals surface area contributed by atoms with Gasteiger partial charge in [0.15, 0.2) is 5.76 Å². The molecule has 0 spiro atoms. The van der Waals surface area contributed by atoms with Gasteiger partial charge < -0.3 is 14.0 Å². The third-order valence-corrected chi connectivity index (χ3v) is 3.10. The Morgan fingerprint density at radius 2 is 2.31 bits per heavy atom. The van der Waals surface area contributed by atoms with Crippen LogP contribution in [0.4, 0.5) is 0 Å². The van der Waals surface area contributed by atoms with Crippen LogP contribution in [0.3, 0.4) is 0 Å². The van der Waals surface area contributed by atoms with Gasteiger partial charge in [0.2, 0.25) is 5.76 Å². The molecular formula is C11H13NO3S. The molecule has 5 heteroatoms. The van der Waals surface area contributed by atoms with Crippen LogP contribution in [-0.2, 0) is 5.75 Å². The minimum Gasteiger partial charge on any atom is -0.461 e. The molecule has 0 aliphatic rings. The molecule has 0 aliphatic carbocycles. The average molecular weight is 239 g/mol. The molecule has 0 saturated carbocycles. The quantitative estimate of drug-likeness (QED) is 0.785. The second-order valence-electron chi connectivity index (χ2n) is 3.29. The van der Waals surface area contributed by atoms with Crippen molar-refractivity contribution in [3.63, 3.8) is 0 Å². The van der Waals surface area contributed by atoms with E-state index < -0.39 is 0 Å². The highest BCUT2D eigenvalue weighted by Gasteiger charge is 2.08. The molecule has 0 atom stereocenters. The van der Waals surface area contributed by atoms with Crippen molar-refractivity contribution < 1.29 is 14.0 Å². The minimum atomic E-state index is 0.240. The zero-order valence-corrected chi connectivity index (χ0v) is 9.57. The molecular weight excluding hydrogens is 226 g/mol. The number of aliphatic hydroxyl groups is 1. The van der Waals surface area contributed by atoms with Gasteiger partial charge in [-0.25, -0.2) is 0 Å². The summed E-state index contributed by atoms with van der Waals surface area (Å²) in [6, 6.07) is 5.53. The number of hydrogen-bond donors (Lipinski definition) is 1. The van der Waals surface area contributed by atoms with E-state index in [-0.39, 0.29) is 6.61 Å². The fourth-order valence-corrected chi connectivity index (χ4v) is 2.08. The molecule has 2 rings (SSSR count). The summed E-state index contributed by atoms with van der Waals surface area (Å²) in [7, 11) is 0. The molecule has 0 bridgehead atoms. The highest BCUT2D eigenvalue weighted by Crippen LogP contribution is 2.22. The molecule has 0 radical (unpaired) electrons. The first-order chi connectivity index (χ1) is 7.90. The summed E-state index contributed by atoms with van der Waals surface area (Å²) < 4.78 is 10.4. The SMILES string of the molecule is OCCCSCc1cc(-c2ccco2)on1. The lowest BCUT2D eigenvalue weighted by Gasteiger charge is -1.94. The summed E-state index contributed by atoms with van der Waals surface area (Å²) in [5, 5.41) is 12.6. The third-order valence-electron chi connectivity index (χ3n) is 2.02. The van der Waals surface area contributed by atoms with Crippen molar-refractivity contribution in [2.45, 2.75) is 12.2 Å². The lowest BCUT2D eigenvalue weighted by atomic mass is 10.3. The van der Waals surface area contributed by atoms with Gasteiger partial charge in [-0.2, -0.15) is 11.8 Å². The van der Waals surface area contributed by atoms with Gasteiger partial charge in [0.25, 0.3) is 0 Å². The largest absolute Gasteiger partial charge is 0.461 e.